The van der Waals surface area contributed by atoms with Gasteiger partial charge in [-0.05, 0) is 10.9 Å². The van der Waals surface area contributed by atoms with Crippen LogP contribution in [0, 0.1) is 0 Å². The number of hydrogen-bond donors (Lipinski definition) is 2. The summed E-state index contributed by atoms with van der Waals surface area (Å²) in [4.78, 5) is 18.3. The standard InChI is InChI=1S/C13H10N2O2/c16-11(17)7-10-8-3-1-2-4-9(8)12-13(10)15-6-5-14-12/h1-6,15H,7H2,(H,16,17). The fourth-order valence-corrected chi connectivity index (χ4v) is 2.22. The van der Waals surface area contributed by atoms with Gasteiger partial charge in [-0.15, -0.1) is 0 Å². The summed E-state index contributed by atoms with van der Waals surface area (Å²) < 4.78 is 0. The molecule has 0 fully saturated rings. The lowest BCUT2D eigenvalue weighted by molar-refractivity contribution is -0.136. The highest BCUT2D eigenvalue weighted by atomic mass is 16.4. The average molecular weight is 226 g/mol. The number of aromatic amines is 1. The van der Waals surface area contributed by atoms with E-state index in [1.165, 1.54) is 0 Å². The Balaban J connectivity index is 2.40. The quantitative estimate of drug-likeness (QED) is 0.704. The molecular formula is C13H10N2O2. The molecule has 0 bridgehead atoms. The molecular weight excluding hydrogens is 216 g/mol. The summed E-state index contributed by atoms with van der Waals surface area (Å²) in [6.07, 6.45) is 3.40. The largest absolute Gasteiger partial charge is 0.481 e. The Morgan fingerprint density at radius 1 is 1.29 bits per heavy atom. The van der Waals surface area contributed by atoms with Crippen molar-refractivity contribution in [3.63, 3.8) is 0 Å². The molecule has 1 aromatic carbocycles. The molecule has 4 heteroatoms. The van der Waals surface area contributed by atoms with Gasteiger partial charge in [-0.3, -0.25) is 9.78 Å². The second kappa shape index (κ2) is 3.59. The fourth-order valence-electron chi connectivity index (χ4n) is 2.22. The normalized spacial score (nSPS) is 11.1. The zero-order valence-corrected chi connectivity index (χ0v) is 8.97. The van der Waals surface area contributed by atoms with Gasteiger partial charge in [0.2, 0.25) is 0 Å². The minimum atomic E-state index is -0.833. The van der Waals surface area contributed by atoms with Crippen molar-refractivity contribution in [2.45, 2.75) is 6.42 Å². The second-order valence-corrected chi connectivity index (χ2v) is 3.91. The molecule has 0 atom stereocenters. The number of nitrogens with one attached hydrogen (secondary N) is 1. The van der Waals surface area contributed by atoms with Crippen molar-refractivity contribution >= 4 is 16.7 Å². The van der Waals surface area contributed by atoms with E-state index in [4.69, 9.17) is 5.11 Å². The van der Waals surface area contributed by atoms with Crippen molar-refractivity contribution in [3.8, 4) is 11.4 Å². The van der Waals surface area contributed by atoms with Gasteiger partial charge >= 0.3 is 5.97 Å². The molecule has 0 saturated carbocycles. The molecule has 1 heterocycles. The Morgan fingerprint density at radius 2 is 2.06 bits per heavy atom. The first-order valence-electron chi connectivity index (χ1n) is 5.32. The van der Waals surface area contributed by atoms with Crippen LogP contribution in [0.15, 0.2) is 36.7 Å². The lowest BCUT2D eigenvalue weighted by Gasteiger charge is -2.00. The van der Waals surface area contributed by atoms with Gasteiger partial charge in [0.05, 0.1) is 17.8 Å². The molecule has 1 aliphatic carbocycles. The van der Waals surface area contributed by atoms with Gasteiger partial charge in [-0.1, -0.05) is 24.3 Å². The Labute approximate surface area is 97.3 Å². The van der Waals surface area contributed by atoms with Crippen LogP contribution in [0.5, 0.6) is 0 Å². The van der Waals surface area contributed by atoms with Crippen molar-refractivity contribution in [1.29, 1.82) is 0 Å². The highest BCUT2D eigenvalue weighted by molar-refractivity contribution is 6.04. The van der Waals surface area contributed by atoms with Gasteiger partial charge in [0.25, 0.3) is 0 Å². The minimum Gasteiger partial charge on any atom is -0.481 e. The summed E-state index contributed by atoms with van der Waals surface area (Å²) in [5, 5.41) is 10.9. The van der Waals surface area contributed by atoms with E-state index in [2.05, 4.69) is 9.97 Å². The van der Waals surface area contributed by atoms with E-state index < -0.39 is 5.97 Å². The van der Waals surface area contributed by atoms with Crippen LogP contribution in [0.4, 0.5) is 0 Å². The predicted molar refractivity (Wildman–Crippen MR) is 64.1 cm³/mol. The van der Waals surface area contributed by atoms with Crippen LogP contribution in [0.25, 0.3) is 22.2 Å². The van der Waals surface area contributed by atoms with Crippen molar-refractivity contribution in [3.05, 3.63) is 42.2 Å². The van der Waals surface area contributed by atoms with Crippen molar-refractivity contribution < 1.29 is 9.90 Å². The number of fused-ring (bicyclic) bond motifs is 3. The van der Waals surface area contributed by atoms with E-state index in [1.54, 1.807) is 12.4 Å². The first-order valence-corrected chi connectivity index (χ1v) is 5.32. The zero-order chi connectivity index (χ0) is 11.8. The number of H-pyrrole nitrogens is 1. The zero-order valence-electron chi connectivity index (χ0n) is 8.97. The first kappa shape index (κ1) is 9.84. The Bertz CT molecular complexity index is 672. The van der Waals surface area contributed by atoms with Crippen molar-refractivity contribution in [1.82, 2.24) is 9.97 Å². The summed E-state index contributed by atoms with van der Waals surface area (Å²) in [5.74, 6) is -0.833. The van der Waals surface area contributed by atoms with Gasteiger partial charge in [0.1, 0.15) is 0 Å². The topological polar surface area (TPSA) is 66.0 Å². The number of carboxylic acid groups (broad SMARTS) is 1. The molecule has 1 aromatic rings. The molecule has 4 nitrogen and oxygen atoms in total. The molecule has 0 saturated heterocycles. The van der Waals surface area contributed by atoms with E-state index in [9.17, 15) is 4.79 Å². The van der Waals surface area contributed by atoms with Gasteiger partial charge < -0.3 is 10.1 Å². The SMILES string of the molecule is O=C(O)Cc1c2[nH]ccnc-2c2ccccc12. The third-order valence-corrected chi connectivity index (χ3v) is 2.88. The van der Waals surface area contributed by atoms with Crippen LogP contribution in [0.3, 0.4) is 0 Å². The van der Waals surface area contributed by atoms with Crippen LogP contribution in [0.2, 0.25) is 0 Å². The molecule has 0 unspecified atom stereocenters. The van der Waals surface area contributed by atoms with Crippen LogP contribution < -0.4 is 0 Å². The molecule has 2 aliphatic rings. The highest BCUT2D eigenvalue weighted by Gasteiger charge is 2.19. The summed E-state index contributed by atoms with van der Waals surface area (Å²) in [6.45, 7) is 0. The molecule has 1 aliphatic heterocycles. The van der Waals surface area contributed by atoms with Crippen LogP contribution in [-0.4, -0.2) is 21.0 Å². The molecule has 0 amide bonds. The third kappa shape index (κ3) is 1.45. The summed E-state index contributed by atoms with van der Waals surface area (Å²) in [7, 11) is 0. The summed E-state index contributed by atoms with van der Waals surface area (Å²) >= 11 is 0. The maximum absolute atomic E-state index is 10.9. The molecule has 0 spiro atoms. The summed E-state index contributed by atoms with van der Waals surface area (Å²) in [5.41, 5.74) is 2.45. The number of aromatic nitrogens is 2. The van der Waals surface area contributed by atoms with Gasteiger partial charge in [-0.2, -0.15) is 0 Å². The number of carbonyl (C=O) groups is 1. The number of carboxylic acids is 1. The lowest BCUT2D eigenvalue weighted by Crippen LogP contribution is -2.01. The van der Waals surface area contributed by atoms with E-state index >= 15 is 0 Å². The summed E-state index contributed by atoms with van der Waals surface area (Å²) in [6, 6.07) is 7.74. The second-order valence-electron chi connectivity index (χ2n) is 3.91. The average Bonchev–Trinajstić information content (AvgIpc) is 2.65. The Kier molecular flexibility index (Phi) is 2.08. The molecule has 3 rings (SSSR count). The number of rotatable bonds is 2. The minimum absolute atomic E-state index is 0.00616. The first-order chi connectivity index (χ1) is 8.27. The third-order valence-electron chi connectivity index (χ3n) is 2.88. The maximum atomic E-state index is 10.9. The molecule has 0 radical (unpaired) electrons. The monoisotopic (exact) mass is 226 g/mol. The number of hydrogen-bond acceptors (Lipinski definition) is 2. The number of nitrogens with zero attached hydrogens (tertiary/aromatic N) is 1. The van der Waals surface area contributed by atoms with E-state index in [1.807, 2.05) is 24.3 Å². The van der Waals surface area contributed by atoms with Crippen LogP contribution in [0.1, 0.15) is 5.56 Å². The molecule has 0 aromatic heterocycles. The van der Waals surface area contributed by atoms with Crippen LogP contribution in [-0.2, 0) is 11.2 Å². The molecule has 2 N–H and O–H groups in total. The van der Waals surface area contributed by atoms with Gasteiger partial charge in [0, 0.05) is 17.8 Å². The highest BCUT2D eigenvalue weighted by Crippen LogP contribution is 2.35. The lowest BCUT2D eigenvalue weighted by atomic mass is 10.1. The molecule has 84 valence electrons. The Hall–Kier alpha value is -2.36. The van der Waals surface area contributed by atoms with E-state index in [0.717, 1.165) is 27.7 Å². The smallest absolute Gasteiger partial charge is 0.307 e. The van der Waals surface area contributed by atoms with E-state index in [-0.39, 0.29) is 6.42 Å². The molecule has 17 heavy (non-hydrogen) atoms. The maximum Gasteiger partial charge on any atom is 0.307 e. The number of benzene rings is 1. The van der Waals surface area contributed by atoms with Crippen LogP contribution >= 0.6 is 0 Å². The van der Waals surface area contributed by atoms with Gasteiger partial charge in [0.15, 0.2) is 0 Å². The van der Waals surface area contributed by atoms with Gasteiger partial charge in [-0.25, -0.2) is 0 Å². The van der Waals surface area contributed by atoms with E-state index in [0.29, 0.717) is 0 Å². The van der Waals surface area contributed by atoms with Crippen molar-refractivity contribution in [2.75, 3.05) is 0 Å². The predicted octanol–water partition coefficient (Wildman–Crippen LogP) is 2.29. The number of aliphatic carboxylic acids is 1. The van der Waals surface area contributed by atoms with Crippen molar-refractivity contribution in [2.24, 2.45) is 0 Å². The Morgan fingerprint density at radius 3 is 2.82 bits per heavy atom. The fraction of sp³-hybridized carbons (Fsp3) is 0.0769.